The molecule has 7 nitrogen and oxygen atoms in total. The minimum atomic E-state index is -0.0185. The standard InChI is InChI=1S/C19H21ClN6O/c1-24(2)11-12-25(13-15-3-7-17(20)8-4-15)19(27)16-5-9-18(10-6-16)26-14-21-22-23-26/h3-10,14H,11-13H2,1-2H3. The Morgan fingerprint density at radius 1 is 1.04 bits per heavy atom. The summed E-state index contributed by atoms with van der Waals surface area (Å²) in [6.45, 7) is 1.93. The molecule has 1 heterocycles. The summed E-state index contributed by atoms with van der Waals surface area (Å²) in [4.78, 5) is 17.0. The fourth-order valence-corrected chi connectivity index (χ4v) is 2.73. The van der Waals surface area contributed by atoms with Crippen molar-refractivity contribution in [3.8, 4) is 5.69 Å². The van der Waals surface area contributed by atoms with Crippen molar-refractivity contribution in [1.82, 2.24) is 30.0 Å². The van der Waals surface area contributed by atoms with Gasteiger partial charge in [0, 0.05) is 30.2 Å². The Hall–Kier alpha value is -2.77. The van der Waals surface area contributed by atoms with Crippen molar-refractivity contribution in [3.05, 3.63) is 71.0 Å². The Kier molecular flexibility index (Phi) is 6.16. The van der Waals surface area contributed by atoms with Gasteiger partial charge in [0.05, 0.1) is 5.69 Å². The molecular weight excluding hydrogens is 364 g/mol. The third kappa shape index (κ3) is 5.12. The fraction of sp³-hybridized carbons (Fsp3) is 0.263. The molecule has 0 unspecified atom stereocenters. The zero-order valence-corrected chi connectivity index (χ0v) is 16.0. The number of rotatable bonds is 7. The normalized spacial score (nSPS) is 11.0. The predicted molar refractivity (Wildman–Crippen MR) is 104 cm³/mol. The SMILES string of the molecule is CN(C)CCN(Cc1ccc(Cl)cc1)C(=O)c1ccc(-n2cnnn2)cc1. The Morgan fingerprint density at radius 3 is 2.33 bits per heavy atom. The van der Waals surface area contributed by atoms with Crippen molar-refractivity contribution >= 4 is 17.5 Å². The number of carbonyl (C=O) groups excluding carboxylic acids is 1. The van der Waals surface area contributed by atoms with Gasteiger partial charge in [0.2, 0.25) is 0 Å². The minimum absolute atomic E-state index is 0.0185. The third-order valence-electron chi connectivity index (χ3n) is 4.12. The van der Waals surface area contributed by atoms with Gasteiger partial charge in [-0.05, 0) is 66.5 Å². The summed E-state index contributed by atoms with van der Waals surface area (Å²) in [5.41, 5.74) is 2.46. The van der Waals surface area contributed by atoms with E-state index in [-0.39, 0.29) is 5.91 Å². The maximum atomic E-state index is 13.1. The molecular formula is C19H21ClN6O. The summed E-state index contributed by atoms with van der Waals surface area (Å²) < 4.78 is 1.55. The van der Waals surface area contributed by atoms with Gasteiger partial charge < -0.3 is 9.80 Å². The molecule has 140 valence electrons. The van der Waals surface area contributed by atoms with Gasteiger partial charge in [-0.15, -0.1) is 5.10 Å². The molecule has 0 radical (unpaired) electrons. The molecule has 0 saturated heterocycles. The largest absolute Gasteiger partial charge is 0.333 e. The Balaban J connectivity index is 1.77. The predicted octanol–water partition coefficient (Wildman–Crippen LogP) is 2.52. The molecule has 27 heavy (non-hydrogen) atoms. The molecule has 3 aromatic rings. The summed E-state index contributed by atoms with van der Waals surface area (Å²) in [5, 5.41) is 11.8. The van der Waals surface area contributed by atoms with E-state index in [0.717, 1.165) is 17.8 Å². The molecule has 1 aromatic heterocycles. The summed E-state index contributed by atoms with van der Waals surface area (Å²) in [6.07, 6.45) is 1.51. The number of hydrogen-bond donors (Lipinski definition) is 0. The number of likely N-dealkylation sites (N-methyl/N-ethyl adjacent to an activating group) is 1. The number of tetrazole rings is 1. The molecule has 0 fully saturated rings. The van der Waals surface area contributed by atoms with Crippen molar-refractivity contribution in [2.75, 3.05) is 27.2 Å². The van der Waals surface area contributed by atoms with E-state index in [0.29, 0.717) is 23.7 Å². The molecule has 0 bridgehead atoms. The monoisotopic (exact) mass is 384 g/mol. The van der Waals surface area contributed by atoms with E-state index in [1.54, 1.807) is 16.8 Å². The zero-order chi connectivity index (χ0) is 19.2. The maximum absolute atomic E-state index is 13.1. The van der Waals surface area contributed by atoms with Gasteiger partial charge in [0.15, 0.2) is 0 Å². The summed E-state index contributed by atoms with van der Waals surface area (Å²) in [7, 11) is 3.98. The third-order valence-corrected chi connectivity index (χ3v) is 4.37. The molecule has 1 amide bonds. The highest BCUT2D eigenvalue weighted by atomic mass is 35.5. The Morgan fingerprint density at radius 2 is 1.74 bits per heavy atom. The summed E-state index contributed by atoms with van der Waals surface area (Å²) in [5.74, 6) is -0.0185. The van der Waals surface area contributed by atoms with E-state index in [1.165, 1.54) is 6.33 Å². The van der Waals surface area contributed by atoms with Crippen LogP contribution in [0.2, 0.25) is 5.02 Å². The van der Waals surface area contributed by atoms with Crippen LogP contribution in [0.3, 0.4) is 0 Å². The van der Waals surface area contributed by atoms with Crippen LogP contribution in [0.5, 0.6) is 0 Å². The van der Waals surface area contributed by atoms with Crippen molar-refractivity contribution in [3.63, 3.8) is 0 Å². The number of aromatic nitrogens is 4. The van der Waals surface area contributed by atoms with E-state index in [1.807, 2.05) is 55.4 Å². The number of nitrogens with zero attached hydrogens (tertiary/aromatic N) is 6. The molecule has 8 heteroatoms. The highest BCUT2D eigenvalue weighted by Gasteiger charge is 2.16. The Labute approximate surface area is 163 Å². The average molecular weight is 385 g/mol. The van der Waals surface area contributed by atoms with E-state index in [4.69, 9.17) is 11.6 Å². The number of hydrogen-bond acceptors (Lipinski definition) is 5. The van der Waals surface area contributed by atoms with Crippen LogP contribution in [0.25, 0.3) is 5.69 Å². The van der Waals surface area contributed by atoms with Gasteiger partial charge in [0.1, 0.15) is 6.33 Å². The lowest BCUT2D eigenvalue weighted by molar-refractivity contribution is 0.0732. The molecule has 0 saturated carbocycles. The fourth-order valence-electron chi connectivity index (χ4n) is 2.60. The average Bonchev–Trinajstić information content (AvgIpc) is 3.21. The van der Waals surface area contributed by atoms with E-state index < -0.39 is 0 Å². The number of carbonyl (C=O) groups is 1. The van der Waals surface area contributed by atoms with Gasteiger partial charge in [-0.3, -0.25) is 4.79 Å². The van der Waals surface area contributed by atoms with Crippen LogP contribution in [-0.2, 0) is 6.54 Å². The topological polar surface area (TPSA) is 67.2 Å². The molecule has 0 aliphatic carbocycles. The zero-order valence-electron chi connectivity index (χ0n) is 15.3. The highest BCUT2D eigenvalue weighted by Crippen LogP contribution is 2.15. The van der Waals surface area contributed by atoms with Gasteiger partial charge >= 0.3 is 0 Å². The number of benzene rings is 2. The quantitative estimate of drug-likeness (QED) is 0.626. The molecule has 3 rings (SSSR count). The van der Waals surface area contributed by atoms with Crippen LogP contribution in [0.4, 0.5) is 0 Å². The number of halogens is 1. The van der Waals surface area contributed by atoms with Crippen molar-refractivity contribution in [2.45, 2.75) is 6.54 Å². The summed E-state index contributed by atoms with van der Waals surface area (Å²) >= 11 is 5.96. The summed E-state index contributed by atoms with van der Waals surface area (Å²) in [6, 6.07) is 14.8. The van der Waals surface area contributed by atoms with Gasteiger partial charge in [-0.2, -0.15) is 0 Å². The van der Waals surface area contributed by atoms with Crippen LogP contribution < -0.4 is 0 Å². The lowest BCUT2D eigenvalue weighted by Gasteiger charge is -2.25. The minimum Gasteiger partial charge on any atom is -0.333 e. The first-order chi connectivity index (χ1) is 13.0. The maximum Gasteiger partial charge on any atom is 0.254 e. The van der Waals surface area contributed by atoms with E-state index in [9.17, 15) is 4.79 Å². The first-order valence-electron chi connectivity index (χ1n) is 8.55. The highest BCUT2D eigenvalue weighted by molar-refractivity contribution is 6.30. The van der Waals surface area contributed by atoms with Crippen LogP contribution in [0, 0.1) is 0 Å². The molecule has 0 aliphatic heterocycles. The second-order valence-electron chi connectivity index (χ2n) is 6.46. The second kappa shape index (κ2) is 8.75. The van der Waals surface area contributed by atoms with Gasteiger partial charge in [0.25, 0.3) is 5.91 Å². The molecule has 0 atom stereocenters. The second-order valence-corrected chi connectivity index (χ2v) is 6.89. The van der Waals surface area contributed by atoms with Crippen LogP contribution in [0.1, 0.15) is 15.9 Å². The van der Waals surface area contributed by atoms with E-state index >= 15 is 0 Å². The van der Waals surface area contributed by atoms with Gasteiger partial charge in [-0.1, -0.05) is 23.7 Å². The smallest absolute Gasteiger partial charge is 0.254 e. The lowest BCUT2D eigenvalue weighted by Crippen LogP contribution is -2.36. The first-order valence-corrected chi connectivity index (χ1v) is 8.92. The number of amides is 1. The van der Waals surface area contributed by atoms with Crippen molar-refractivity contribution < 1.29 is 4.79 Å². The van der Waals surface area contributed by atoms with Crippen molar-refractivity contribution in [1.29, 1.82) is 0 Å². The molecule has 0 spiro atoms. The van der Waals surface area contributed by atoms with Crippen LogP contribution in [0.15, 0.2) is 54.9 Å². The van der Waals surface area contributed by atoms with Crippen LogP contribution >= 0.6 is 11.6 Å². The van der Waals surface area contributed by atoms with E-state index in [2.05, 4.69) is 20.4 Å². The molecule has 2 aromatic carbocycles. The molecule has 0 N–H and O–H groups in total. The van der Waals surface area contributed by atoms with Crippen LogP contribution in [-0.4, -0.2) is 63.1 Å². The Bertz CT molecular complexity index is 862. The van der Waals surface area contributed by atoms with Gasteiger partial charge in [-0.25, -0.2) is 4.68 Å². The van der Waals surface area contributed by atoms with Crippen molar-refractivity contribution in [2.24, 2.45) is 0 Å². The molecule has 0 aliphatic rings. The first kappa shape index (κ1) is 19.0. The lowest BCUT2D eigenvalue weighted by atomic mass is 10.1.